The highest BCUT2D eigenvalue weighted by atomic mass is 16.3. The van der Waals surface area contributed by atoms with Crippen molar-refractivity contribution in [2.75, 3.05) is 0 Å². The third-order valence-electron chi connectivity index (χ3n) is 3.79. The lowest BCUT2D eigenvalue weighted by molar-refractivity contribution is 0.0346. The third-order valence-corrected chi connectivity index (χ3v) is 3.79. The molecule has 0 bridgehead atoms. The van der Waals surface area contributed by atoms with Crippen molar-refractivity contribution < 1.29 is 9.90 Å². The highest BCUT2D eigenvalue weighted by molar-refractivity contribution is 6.00. The Hall–Kier alpha value is -1.15. The second-order valence-electron chi connectivity index (χ2n) is 5.78. The van der Waals surface area contributed by atoms with E-state index in [1.165, 1.54) is 12.8 Å². The van der Waals surface area contributed by atoms with Gasteiger partial charge in [-0.15, -0.1) is 0 Å². The van der Waals surface area contributed by atoms with Crippen LogP contribution in [0.25, 0.3) is 0 Å². The Balaban J connectivity index is 2.61. The van der Waals surface area contributed by atoms with Gasteiger partial charge < -0.3 is 5.11 Å². The van der Waals surface area contributed by atoms with Crippen molar-refractivity contribution in [2.45, 2.75) is 59.0 Å². The minimum atomic E-state index is -0.715. The van der Waals surface area contributed by atoms with Gasteiger partial charge in [0.2, 0.25) is 0 Å². The number of rotatable bonds is 8. The lowest BCUT2D eigenvalue weighted by atomic mass is 9.77. The first kappa shape index (κ1) is 15.9. The van der Waals surface area contributed by atoms with Crippen LogP contribution >= 0.6 is 0 Å². The first-order valence-electron chi connectivity index (χ1n) is 7.28. The Morgan fingerprint density at radius 2 is 1.79 bits per heavy atom. The minimum absolute atomic E-state index is 0.0242. The molecule has 106 valence electrons. The summed E-state index contributed by atoms with van der Waals surface area (Å²) in [7, 11) is 0. The number of carbonyl (C=O) groups is 1. The molecule has 0 unspecified atom stereocenters. The third kappa shape index (κ3) is 4.46. The summed E-state index contributed by atoms with van der Waals surface area (Å²) in [5.74, 6) is 0.0242. The molecule has 0 aliphatic heterocycles. The van der Waals surface area contributed by atoms with Crippen LogP contribution in [-0.2, 0) is 0 Å². The van der Waals surface area contributed by atoms with Crippen molar-refractivity contribution >= 4 is 5.78 Å². The quantitative estimate of drug-likeness (QED) is 0.562. The van der Waals surface area contributed by atoms with Crippen LogP contribution < -0.4 is 0 Å². The average molecular weight is 262 g/mol. The van der Waals surface area contributed by atoms with Crippen LogP contribution in [0.3, 0.4) is 0 Å². The fraction of sp³-hybridized carbons (Fsp3) is 0.588. The van der Waals surface area contributed by atoms with E-state index < -0.39 is 11.5 Å². The largest absolute Gasteiger partial charge is 0.392 e. The molecule has 1 N–H and O–H groups in total. The zero-order valence-electron chi connectivity index (χ0n) is 12.4. The molecule has 0 aromatic heterocycles. The number of aliphatic hydroxyl groups excluding tert-OH is 1. The van der Waals surface area contributed by atoms with Gasteiger partial charge in [-0.25, -0.2) is 0 Å². The zero-order chi connectivity index (χ0) is 14.3. The summed E-state index contributed by atoms with van der Waals surface area (Å²) in [4.78, 5) is 12.4. The number of hydrogen-bond donors (Lipinski definition) is 1. The Bertz CT molecular complexity index is 382. The van der Waals surface area contributed by atoms with Crippen molar-refractivity contribution in [1.82, 2.24) is 0 Å². The fourth-order valence-electron chi connectivity index (χ4n) is 2.24. The number of Topliss-reactive ketones (excluding diaryl/α,β-unsaturated/α-hetero) is 1. The van der Waals surface area contributed by atoms with Crippen molar-refractivity contribution in [2.24, 2.45) is 5.41 Å². The van der Waals surface area contributed by atoms with E-state index in [0.717, 1.165) is 12.8 Å². The maximum atomic E-state index is 12.4. The van der Waals surface area contributed by atoms with Crippen LogP contribution in [0.1, 0.15) is 63.2 Å². The summed E-state index contributed by atoms with van der Waals surface area (Å²) in [6.07, 6.45) is 4.62. The van der Waals surface area contributed by atoms with Crippen molar-refractivity contribution in [1.29, 1.82) is 0 Å². The van der Waals surface area contributed by atoms with E-state index in [4.69, 9.17) is 0 Å². The van der Waals surface area contributed by atoms with Crippen molar-refractivity contribution in [3.63, 3.8) is 0 Å². The van der Waals surface area contributed by atoms with E-state index in [-0.39, 0.29) is 5.78 Å². The Morgan fingerprint density at radius 3 is 2.37 bits per heavy atom. The zero-order valence-corrected chi connectivity index (χ0v) is 12.4. The van der Waals surface area contributed by atoms with Gasteiger partial charge in [0.25, 0.3) is 0 Å². The number of hydrogen-bond acceptors (Lipinski definition) is 2. The maximum Gasteiger partial charge on any atom is 0.171 e. The summed E-state index contributed by atoms with van der Waals surface area (Å²) in [6, 6.07) is 9.24. The van der Waals surface area contributed by atoms with E-state index in [9.17, 15) is 9.90 Å². The van der Waals surface area contributed by atoms with Crippen LogP contribution in [0, 0.1) is 5.41 Å². The number of unbranched alkanes of at least 4 members (excludes halogenated alkanes) is 3. The van der Waals surface area contributed by atoms with E-state index in [1.807, 2.05) is 44.2 Å². The minimum Gasteiger partial charge on any atom is -0.392 e. The Morgan fingerprint density at radius 1 is 1.16 bits per heavy atom. The summed E-state index contributed by atoms with van der Waals surface area (Å²) in [5.41, 5.74) is -0.0341. The van der Waals surface area contributed by atoms with Gasteiger partial charge in [-0.3, -0.25) is 4.79 Å². The molecule has 19 heavy (non-hydrogen) atoms. The molecule has 2 nitrogen and oxygen atoms in total. The highest BCUT2D eigenvalue weighted by Crippen LogP contribution is 2.29. The molecule has 0 amide bonds. The van der Waals surface area contributed by atoms with Gasteiger partial charge in [0.1, 0.15) is 0 Å². The van der Waals surface area contributed by atoms with E-state index in [1.54, 1.807) is 0 Å². The molecule has 1 aromatic rings. The molecule has 1 rings (SSSR count). The summed E-state index contributed by atoms with van der Waals surface area (Å²) in [5, 5.41) is 10.3. The second kappa shape index (κ2) is 7.44. The molecule has 2 heteroatoms. The van der Waals surface area contributed by atoms with Crippen LogP contribution in [-0.4, -0.2) is 17.0 Å². The van der Waals surface area contributed by atoms with Crippen molar-refractivity contribution in [3.8, 4) is 0 Å². The molecule has 0 fully saturated rings. The standard InChI is InChI=1S/C17H26O2/c1-4-5-6-10-13-15(18)17(2,3)16(19)14-11-8-7-9-12-14/h7-9,11-12,15,18H,4-6,10,13H2,1-3H3/t15-/m0/s1. The topological polar surface area (TPSA) is 37.3 Å². The van der Waals surface area contributed by atoms with Crippen LogP contribution in [0.4, 0.5) is 0 Å². The van der Waals surface area contributed by atoms with Crippen LogP contribution in [0.2, 0.25) is 0 Å². The normalized spacial score (nSPS) is 13.3. The first-order valence-corrected chi connectivity index (χ1v) is 7.28. The van der Waals surface area contributed by atoms with Gasteiger partial charge in [0.15, 0.2) is 5.78 Å². The van der Waals surface area contributed by atoms with Gasteiger partial charge >= 0.3 is 0 Å². The van der Waals surface area contributed by atoms with Gasteiger partial charge in [0, 0.05) is 5.56 Å². The van der Waals surface area contributed by atoms with E-state index in [2.05, 4.69) is 6.92 Å². The number of benzene rings is 1. The van der Waals surface area contributed by atoms with Gasteiger partial charge in [0.05, 0.1) is 11.5 Å². The summed E-state index contributed by atoms with van der Waals surface area (Å²) in [6.45, 7) is 5.85. The van der Waals surface area contributed by atoms with Crippen LogP contribution in [0.15, 0.2) is 30.3 Å². The lowest BCUT2D eigenvalue weighted by Crippen LogP contribution is -2.37. The molecular weight excluding hydrogens is 236 g/mol. The van der Waals surface area contributed by atoms with Gasteiger partial charge in [-0.2, -0.15) is 0 Å². The van der Waals surface area contributed by atoms with Gasteiger partial charge in [-0.1, -0.05) is 76.8 Å². The molecule has 0 saturated heterocycles. The van der Waals surface area contributed by atoms with Crippen molar-refractivity contribution in [3.05, 3.63) is 35.9 Å². The first-order chi connectivity index (χ1) is 9.00. The lowest BCUT2D eigenvalue weighted by Gasteiger charge is -2.29. The fourth-order valence-corrected chi connectivity index (χ4v) is 2.24. The highest BCUT2D eigenvalue weighted by Gasteiger charge is 2.35. The number of ketones is 1. The molecule has 0 saturated carbocycles. The molecule has 0 aliphatic rings. The van der Waals surface area contributed by atoms with E-state index in [0.29, 0.717) is 12.0 Å². The molecular formula is C17H26O2. The SMILES string of the molecule is CCCCCC[C@H](O)C(C)(C)C(=O)c1ccccc1. The monoisotopic (exact) mass is 262 g/mol. The molecule has 1 aromatic carbocycles. The molecule has 0 heterocycles. The second-order valence-corrected chi connectivity index (χ2v) is 5.78. The Labute approximate surface area is 116 Å². The Kier molecular flexibility index (Phi) is 6.23. The smallest absolute Gasteiger partial charge is 0.171 e. The molecule has 0 spiro atoms. The number of aliphatic hydroxyl groups is 1. The number of carbonyl (C=O) groups excluding carboxylic acids is 1. The van der Waals surface area contributed by atoms with E-state index >= 15 is 0 Å². The summed E-state index contributed by atoms with van der Waals surface area (Å²) < 4.78 is 0. The molecule has 0 radical (unpaired) electrons. The predicted molar refractivity (Wildman–Crippen MR) is 79.3 cm³/mol. The predicted octanol–water partition coefficient (Wildman–Crippen LogP) is 4.23. The van der Waals surface area contributed by atoms with Crippen LogP contribution in [0.5, 0.6) is 0 Å². The molecule has 1 atom stereocenters. The van der Waals surface area contributed by atoms with Gasteiger partial charge in [-0.05, 0) is 6.42 Å². The maximum absolute atomic E-state index is 12.4. The average Bonchev–Trinajstić information content (AvgIpc) is 2.43. The summed E-state index contributed by atoms with van der Waals surface area (Å²) >= 11 is 0. The molecule has 0 aliphatic carbocycles.